The number of benzene rings is 1. The number of H-pyrrole nitrogens is 1. The number of aromatic nitrogens is 2. The van der Waals surface area contributed by atoms with Crippen LogP contribution in [0.4, 0.5) is 8.78 Å². The molecule has 0 bridgehead atoms. The molecule has 0 radical (unpaired) electrons. The van der Waals surface area contributed by atoms with Crippen molar-refractivity contribution in [3.05, 3.63) is 44.8 Å². The summed E-state index contributed by atoms with van der Waals surface area (Å²) in [6.07, 6.45) is 0. The van der Waals surface area contributed by atoms with Gasteiger partial charge in [0.15, 0.2) is 0 Å². The van der Waals surface area contributed by atoms with Crippen molar-refractivity contribution in [3.63, 3.8) is 0 Å². The van der Waals surface area contributed by atoms with Gasteiger partial charge < -0.3 is 9.72 Å². The summed E-state index contributed by atoms with van der Waals surface area (Å²) in [5.41, 5.74) is 0.500. The molecule has 1 aromatic carbocycles. The number of hydrogen-bond acceptors (Lipinski definition) is 3. The van der Waals surface area contributed by atoms with Crippen molar-refractivity contribution in [2.24, 2.45) is 0 Å². The highest BCUT2D eigenvalue weighted by molar-refractivity contribution is 9.10. The minimum Gasteiger partial charge on any atom is -0.434 e. The van der Waals surface area contributed by atoms with Crippen LogP contribution < -0.4 is 10.3 Å². The molecular weight excluding hydrogens is 346 g/mol. The van der Waals surface area contributed by atoms with Crippen LogP contribution in [0.15, 0.2) is 33.5 Å². The van der Waals surface area contributed by atoms with Crippen LogP contribution in [0.1, 0.15) is 25.5 Å². The Morgan fingerprint density at radius 3 is 2.57 bits per heavy atom. The number of alkyl halides is 2. The first-order chi connectivity index (χ1) is 9.90. The Morgan fingerprint density at radius 2 is 1.95 bits per heavy atom. The zero-order chi connectivity index (χ0) is 15.6. The first-order valence-corrected chi connectivity index (χ1v) is 7.03. The molecule has 2 aromatic rings. The van der Waals surface area contributed by atoms with Crippen molar-refractivity contribution >= 4 is 15.9 Å². The summed E-state index contributed by atoms with van der Waals surface area (Å²) in [6, 6.07) is 6.19. The quantitative estimate of drug-likeness (QED) is 0.900. The molecule has 0 aliphatic carbocycles. The Bertz CT molecular complexity index is 702. The Kier molecular flexibility index (Phi) is 4.72. The molecule has 0 amide bonds. The number of ether oxygens (including phenoxy) is 1. The van der Waals surface area contributed by atoms with E-state index in [0.717, 1.165) is 0 Å². The molecule has 1 aromatic heterocycles. The summed E-state index contributed by atoms with van der Waals surface area (Å²) in [7, 11) is 0. The van der Waals surface area contributed by atoms with E-state index >= 15 is 0 Å². The molecule has 1 heterocycles. The van der Waals surface area contributed by atoms with E-state index in [9.17, 15) is 13.6 Å². The molecule has 0 saturated heterocycles. The number of hydrogen-bond donors (Lipinski definition) is 1. The van der Waals surface area contributed by atoms with Crippen molar-refractivity contribution in [3.8, 4) is 17.1 Å². The van der Waals surface area contributed by atoms with E-state index in [4.69, 9.17) is 0 Å². The molecular formula is C14H13BrF2N2O2. The van der Waals surface area contributed by atoms with Gasteiger partial charge in [0, 0.05) is 0 Å². The predicted molar refractivity (Wildman–Crippen MR) is 78.7 cm³/mol. The van der Waals surface area contributed by atoms with Crippen molar-refractivity contribution in [1.29, 1.82) is 0 Å². The predicted octanol–water partition coefficient (Wildman–Crippen LogP) is 3.92. The van der Waals surface area contributed by atoms with Crippen molar-refractivity contribution in [2.75, 3.05) is 0 Å². The van der Waals surface area contributed by atoms with Gasteiger partial charge in [-0.05, 0) is 34.0 Å². The fourth-order valence-corrected chi connectivity index (χ4v) is 2.49. The first kappa shape index (κ1) is 15.6. The molecule has 0 fully saturated rings. The molecule has 0 unspecified atom stereocenters. The normalized spacial score (nSPS) is 11.2. The number of halogens is 3. The van der Waals surface area contributed by atoms with Crippen LogP contribution >= 0.6 is 15.9 Å². The minimum atomic E-state index is -2.95. The van der Waals surface area contributed by atoms with Gasteiger partial charge >= 0.3 is 6.61 Å². The molecule has 112 valence electrons. The van der Waals surface area contributed by atoms with Crippen molar-refractivity contribution < 1.29 is 13.5 Å². The third-order valence-electron chi connectivity index (χ3n) is 2.79. The van der Waals surface area contributed by atoms with Gasteiger partial charge in [0.2, 0.25) is 0 Å². The summed E-state index contributed by atoms with van der Waals surface area (Å²) in [6.45, 7) is 0.827. The summed E-state index contributed by atoms with van der Waals surface area (Å²) >= 11 is 3.19. The largest absolute Gasteiger partial charge is 0.434 e. The molecule has 21 heavy (non-hydrogen) atoms. The molecule has 0 atom stereocenters. The molecule has 7 heteroatoms. The lowest BCUT2D eigenvalue weighted by Gasteiger charge is -2.12. The SMILES string of the molecule is CC(C)c1nc(-c2ccccc2OC(F)F)[nH]c(=O)c1Br. The minimum absolute atomic E-state index is 0.00334. The molecule has 0 aliphatic heterocycles. The zero-order valence-corrected chi connectivity index (χ0v) is 12.9. The van der Waals surface area contributed by atoms with E-state index in [0.29, 0.717) is 15.7 Å². The fraction of sp³-hybridized carbons (Fsp3) is 0.286. The lowest BCUT2D eigenvalue weighted by molar-refractivity contribution is -0.0494. The fourth-order valence-electron chi connectivity index (χ4n) is 1.85. The van der Waals surface area contributed by atoms with Crippen LogP contribution in [0.25, 0.3) is 11.4 Å². The van der Waals surface area contributed by atoms with Crippen LogP contribution in [0.3, 0.4) is 0 Å². The topological polar surface area (TPSA) is 55.0 Å². The Labute approximate surface area is 128 Å². The van der Waals surface area contributed by atoms with Gasteiger partial charge in [-0.25, -0.2) is 4.98 Å². The molecule has 0 spiro atoms. The highest BCUT2D eigenvalue weighted by Gasteiger charge is 2.17. The van der Waals surface area contributed by atoms with Gasteiger partial charge in [-0.15, -0.1) is 0 Å². The second kappa shape index (κ2) is 6.34. The van der Waals surface area contributed by atoms with E-state index in [1.54, 1.807) is 18.2 Å². The average Bonchev–Trinajstić information content (AvgIpc) is 2.41. The molecule has 2 rings (SSSR count). The lowest BCUT2D eigenvalue weighted by Crippen LogP contribution is -2.15. The van der Waals surface area contributed by atoms with E-state index in [2.05, 4.69) is 30.6 Å². The molecule has 1 N–H and O–H groups in total. The monoisotopic (exact) mass is 358 g/mol. The average molecular weight is 359 g/mol. The van der Waals surface area contributed by atoms with Gasteiger partial charge in [-0.3, -0.25) is 4.79 Å². The molecule has 0 aliphatic rings. The van der Waals surface area contributed by atoms with Gasteiger partial charge in [-0.2, -0.15) is 8.78 Å². The number of aromatic amines is 1. The number of nitrogens with zero attached hydrogens (tertiary/aromatic N) is 1. The highest BCUT2D eigenvalue weighted by atomic mass is 79.9. The number of nitrogens with one attached hydrogen (secondary N) is 1. The summed E-state index contributed by atoms with van der Waals surface area (Å²) in [5, 5.41) is 0. The Balaban J connectivity index is 2.60. The highest BCUT2D eigenvalue weighted by Crippen LogP contribution is 2.29. The summed E-state index contributed by atoms with van der Waals surface area (Å²) in [4.78, 5) is 18.8. The number of para-hydroxylation sites is 1. The van der Waals surface area contributed by atoms with Crippen LogP contribution in [-0.2, 0) is 0 Å². The smallest absolute Gasteiger partial charge is 0.387 e. The maximum Gasteiger partial charge on any atom is 0.387 e. The number of rotatable bonds is 4. The van der Waals surface area contributed by atoms with Crippen LogP contribution in [0.2, 0.25) is 0 Å². The first-order valence-electron chi connectivity index (χ1n) is 6.24. The standard InChI is InChI=1S/C14H13BrF2N2O2/c1-7(2)11-10(15)13(20)19-12(18-11)8-5-3-4-6-9(8)21-14(16)17/h3-7,14H,1-2H3,(H,18,19,20). The van der Waals surface area contributed by atoms with Gasteiger partial charge in [0.25, 0.3) is 5.56 Å². The van der Waals surface area contributed by atoms with Crippen molar-refractivity contribution in [2.45, 2.75) is 26.4 Å². The molecule has 0 saturated carbocycles. The zero-order valence-electron chi connectivity index (χ0n) is 11.4. The lowest BCUT2D eigenvalue weighted by atomic mass is 10.1. The maximum atomic E-state index is 12.4. The second-order valence-electron chi connectivity index (χ2n) is 4.64. The molecule has 4 nitrogen and oxygen atoms in total. The van der Waals surface area contributed by atoms with Gasteiger partial charge in [0.05, 0.1) is 11.3 Å². The van der Waals surface area contributed by atoms with E-state index in [-0.39, 0.29) is 23.1 Å². The van der Waals surface area contributed by atoms with Crippen LogP contribution in [-0.4, -0.2) is 16.6 Å². The van der Waals surface area contributed by atoms with Crippen LogP contribution in [0, 0.1) is 0 Å². The van der Waals surface area contributed by atoms with Crippen molar-refractivity contribution in [1.82, 2.24) is 9.97 Å². The van der Waals surface area contributed by atoms with E-state index in [1.165, 1.54) is 6.07 Å². The van der Waals surface area contributed by atoms with Crippen LogP contribution in [0.5, 0.6) is 5.75 Å². The van der Waals surface area contributed by atoms with E-state index in [1.807, 2.05) is 13.8 Å². The maximum absolute atomic E-state index is 12.4. The second-order valence-corrected chi connectivity index (χ2v) is 5.44. The third-order valence-corrected chi connectivity index (χ3v) is 3.56. The Morgan fingerprint density at radius 1 is 1.29 bits per heavy atom. The van der Waals surface area contributed by atoms with E-state index < -0.39 is 6.61 Å². The summed E-state index contributed by atoms with van der Waals surface area (Å²) in [5.74, 6) is 0.166. The Hall–Kier alpha value is -1.76. The summed E-state index contributed by atoms with van der Waals surface area (Å²) < 4.78 is 29.7. The van der Waals surface area contributed by atoms with Gasteiger partial charge in [0.1, 0.15) is 16.0 Å². The third kappa shape index (κ3) is 3.47. The van der Waals surface area contributed by atoms with Gasteiger partial charge in [-0.1, -0.05) is 26.0 Å².